The van der Waals surface area contributed by atoms with Crippen molar-refractivity contribution >= 4 is 38.6 Å². The number of furan rings is 1. The third-order valence-electron chi connectivity index (χ3n) is 4.57. The van der Waals surface area contributed by atoms with Crippen LogP contribution < -0.4 is 5.32 Å². The van der Waals surface area contributed by atoms with E-state index in [2.05, 4.69) is 5.32 Å². The summed E-state index contributed by atoms with van der Waals surface area (Å²) < 4.78 is 31.5. The van der Waals surface area contributed by atoms with Crippen LogP contribution >= 0.6 is 0 Å². The Labute approximate surface area is 157 Å². The van der Waals surface area contributed by atoms with Crippen molar-refractivity contribution < 1.29 is 27.5 Å². The molecule has 0 spiro atoms. The number of rotatable bonds is 6. The summed E-state index contributed by atoms with van der Waals surface area (Å²) in [5.41, 5.74) is 0.860. The molecule has 2 heterocycles. The third kappa shape index (κ3) is 4.14. The third-order valence-corrected chi connectivity index (χ3v) is 6.65. The number of benzene rings is 1. The van der Waals surface area contributed by atoms with E-state index in [1.807, 2.05) is 0 Å². The molecule has 146 valence electrons. The molecule has 0 aliphatic carbocycles. The summed E-state index contributed by atoms with van der Waals surface area (Å²) in [7, 11) is -3.47. The lowest BCUT2D eigenvalue weighted by molar-refractivity contribution is -0.120. The summed E-state index contributed by atoms with van der Waals surface area (Å²) in [4.78, 5) is 23.7. The lowest BCUT2D eigenvalue weighted by Gasteiger charge is -2.33. The normalized spacial score (nSPS) is 18.5. The highest BCUT2D eigenvalue weighted by Crippen LogP contribution is 2.26. The summed E-state index contributed by atoms with van der Waals surface area (Å²) >= 11 is 0. The van der Waals surface area contributed by atoms with Gasteiger partial charge in [0.25, 0.3) is 0 Å². The van der Waals surface area contributed by atoms with Gasteiger partial charge in [-0.15, -0.1) is 0 Å². The number of anilines is 1. The lowest BCUT2D eigenvalue weighted by Crippen LogP contribution is -2.50. The Morgan fingerprint density at radius 2 is 2.07 bits per heavy atom. The maximum atomic E-state index is 12.7. The number of carboxylic acids is 1. The van der Waals surface area contributed by atoms with E-state index in [4.69, 9.17) is 9.52 Å². The standard InChI is InChI=1S/C18H22N2O6S/c1-2-9-27(24,25)20-8-4-3-5-14(20)17(21)19-13-6-7-15-12(10-13)11-16(26-15)18(22)23/h6-7,10-11,14H,2-5,8-9H2,1H3,(H,19,21)(H,22,23). The number of carbonyl (C=O) groups excluding carboxylic acids is 1. The van der Waals surface area contributed by atoms with Crippen molar-refractivity contribution in [1.82, 2.24) is 4.31 Å². The van der Waals surface area contributed by atoms with Crippen LogP contribution in [0.1, 0.15) is 43.2 Å². The zero-order chi connectivity index (χ0) is 19.6. The number of piperidine rings is 1. The largest absolute Gasteiger partial charge is 0.475 e. The molecule has 1 amide bonds. The monoisotopic (exact) mass is 394 g/mol. The minimum atomic E-state index is -3.47. The maximum absolute atomic E-state index is 12.7. The summed E-state index contributed by atoms with van der Waals surface area (Å²) in [6, 6.07) is 5.43. The molecule has 8 nitrogen and oxygen atoms in total. The Morgan fingerprint density at radius 1 is 1.30 bits per heavy atom. The predicted molar refractivity (Wildman–Crippen MR) is 100 cm³/mol. The van der Waals surface area contributed by atoms with Crippen molar-refractivity contribution in [2.45, 2.75) is 38.6 Å². The van der Waals surface area contributed by atoms with Crippen LogP contribution in [0.25, 0.3) is 11.0 Å². The number of amides is 1. The predicted octanol–water partition coefficient (Wildman–Crippen LogP) is 2.66. The van der Waals surface area contributed by atoms with Gasteiger partial charge in [-0.25, -0.2) is 13.2 Å². The first kappa shape index (κ1) is 19.4. The van der Waals surface area contributed by atoms with Crippen LogP contribution in [0, 0.1) is 0 Å². The molecule has 1 unspecified atom stereocenters. The van der Waals surface area contributed by atoms with Crippen LogP contribution in [0.15, 0.2) is 28.7 Å². The Balaban J connectivity index is 1.80. The summed E-state index contributed by atoms with van der Waals surface area (Å²) in [5.74, 6) is -1.71. The van der Waals surface area contributed by atoms with Crippen molar-refractivity contribution in [2.75, 3.05) is 17.6 Å². The lowest BCUT2D eigenvalue weighted by atomic mass is 10.0. The number of nitrogens with zero attached hydrogens (tertiary/aromatic N) is 1. The number of sulfonamides is 1. The van der Waals surface area contributed by atoms with Gasteiger partial charge >= 0.3 is 5.97 Å². The second-order valence-corrected chi connectivity index (χ2v) is 8.64. The highest BCUT2D eigenvalue weighted by molar-refractivity contribution is 7.89. The molecule has 1 fully saturated rings. The highest BCUT2D eigenvalue weighted by atomic mass is 32.2. The molecule has 1 aliphatic rings. The Kier molecular flexibility index (Phi) is 5.52. The smallest absolute Gasteiger partial charge is 0.371 e. The van der Waals surface area contributed by atoms with Gasteiger partial charge in [-0.05, 0) is 43.5 Å². The van der Waals surface area contributed by atoms with Crippen molar-refractivity contribution in [2.24, 2.45) is 0 Å². The van der Waals surface area contributed by atoms with Gasteiger partial charge in [0.1, 0.15) is 11.6 Å². The van der Waals surface area contributed by atoms with Crippen molar-refractivity contribution in [3.05, 3.63) is 30.0 Å². The van der Waals surface area contributed by atoms with Crippen molar-refractivity contribution in [1.29, 1.82) is 0 Å². The second kappa shape index (κ2) is 7.69. The minimum absolute atomic E-state index is 0.0235. The Morgan fingerprint density at radius 3 is 2.78 bits per heavy atom. The maximum Gasteiger partial charge on any atom is 0.371 e. The Bertz CT molecular complexity index is 965. The van der Waals surface area contributed by atoms with Crippen LogP contribution in [0.3, 0.4) is 0 Å². The number of nitrogens with one attached hydrogen (secondary N) is 1. The van der Waals surface area contributed by atoms with Crippen molar-refractivity contribution in [3.8, 4) is 0 Å². The first-order chi connectivity index (χ1) is 12.8. The molecule has 0 bridgehead atoms. The van der Waals surface area contributed by atoms with E-state index in [-0.39, 0.29) is 17.4 Å². The minimum Gasteiger partial charge on any atom is -0.475 e. The molecule has 2 N–H and O–H groups in total. The average Bonchev–Trinajstić information content (AvgIpc) is 3.05. The molecular formula is C18H22N2O6S. The van der Waals surface area contributed by atoms with Gasteiger partial charge in [0.2, 0.25) is 21.7 Å². The molecule has 1 atom stereocenters. The number of aromatic carboxylic acids is 1. The van der Waals surface area contributed by atoms with E-state index in [0.717, 1.165) is 12.8 Å². The molecule has 0 radical (unpaired) electrons. The molecule has 0 saturated carbocycles. The van der Waals surface area contributed by atoms with E-state index in [9.17, 15) is 18.0 Å². The van der Waals surface area contributed by atoms with E-state index in [1.54, 1.807) is 25.1 Å². The summed E-state index contributed by atoms with van der Waals surface area (Å²) in [5, 5.41) is 12.3. The van der Waals surface area contributed by atoms with Crippen molar-refractivity contribution in [3.63, 3.8) is 0 Å². The van der Waals surface area contributed by atoms with Gasteiger partial charge in [-0.3, -0.25) is 4.79 Å². The molecule has 1 aliphatic heterocycles. The number of carbonyl (C=O) groups is 2. The van der Waals surface area contributed by atoms with E-state index in [0.29, 0.717) is 36.0 Å². The number of hydrogen-bond acceptors (Lipinski definition) is 5. The van der Waals surface area contributed by atoms with Gasteiger partial charge in [-0.1, -0.05) is 13.3 Å². The van der Waals surface area contributed by atoms with E-state index in [1.165, 1.54) is 10.4 Å². The van der Waals surface area contributed by atoms with Crippen LogP contribution in [-0.4, -0.2) is 48.0 Å². The van der Waals surface area contributed by atoms with Gasteiger partial charge in [-0.2, -0.15) is 4.31 Å². The van der Waals surface area contributed by atoms with Crippen LogP contribution in [0.5, 0.6) is 0 Å². The number of hydrogen-bond donors (Lipinski definition) is 2. The topological polar surface area (TPSA) is 117 Å². The fourth-order valence-electron chi connectivity index (χ4n) is 3.33. The zero-order valence-corrected chi connectivity index (χ0v) is 15.8. The van der Waals surface area contributed by atoms with E-state index >= 15 is 0 Å². The fourth-order valence-corrected chi connectivity index (χ4v) is 5.07. The highest BCUT2D eigenvalue weighted by Gasteiger charge is 2.36. The molecule has 1 aromatic carbocycles. The van der Waals surface area contributed by atoms with Gasteiger partial charge < -0.3 is 14.8 Å². The van der Waals surface area contributed by atoms with Crippen LogP contribution in [-0.2, 0) is 14.8 Å². The molecule has 9 heteroatoms. The summed E-state index contributed by atoms with van der Waals surface area (Å²) in [6.45, 7) is 2.14. The van der Waals surface area contributed by atoms with E-state index < -0.39 is 22.0 Å². The molecule has 1 saturated heterocycles. The first-order valence-electron chi connectivity index (χ1n) is 8.89. The van der Waals surface area contributed by atoms with Crippen LogP contribution in [0.2, 0.25) is 0 Å². The second-order valence-electron chi connectivity index (χ2n) is 6.60. The Hall–Kier alpha value is -2.39. The molecule has 2 aromatic rings. The molecule has 27 heavy (non-hydrogen) atoms. The molecule has 3 rings (SSSR count). The summed E-state index contributed by atoms with van der Waals surface area (Å²) in [6.07, 6.45) is 2.51. The first-order valence-corrected chi connectivity index (χ1v) is 10.5. The van der Waals surface area contributed by atoms with Gasteiger partial charge in [0, 0.05) is 17.6 Å². The molecular weight excluding hydrogens is 372 g/mol. The SMILES string of the molecule is CCCS(=O)(=O)N1CCCCC1C(=O)Nc1ccc2oc(C(=O)O)cc2c1. The number of carboxylic acid groups (broad SMARTS) is 1. The van der Waals surface area contributed by atoms with Gasteiger partial charge in [0.05, 0.1) is 5.75 Å². The quantitative estimate of drug-likeness (QED) is 0.778. The van der Waals surface area contributed by atoms with Gasteiger partial charge in [0.15, 0.2) is 0 Å². The average molecular weight is 394 g/mol. The zero-order valence-electron chi connectivity index (χ0n) is 15.0. The van der Waals surface area contributed by atoms with Crippen LogP contribution in [0.4, 0.5) is 5.69 Å². The fraction of sp³-hybridized carbons (Fsp3) is 0.444. The molecule has 1 aromatic heterocycles. The number of fused-ring (bicyclic) bond motifs is 1.